The number of carbonyl (C=O) groups is 1. The SMILES string of the molecule is Cc1occc1[S@@](=O)CC(=O)N[C@H](C)c1cccs1. The van der Waals surface area contributed by atoms with Gasteiger partial charge >= 0.3 is 0 Å². The highest BCUT2D eigenvalue weighted by molar-refractivity contribution is 7.85. The predicted octanol–water partition coefficient (Wildman–Crippen LogP) is 2.63. The van der Waals surface area contributed by atoms with Crippen LogP contribution in [-0.2, 0) is 15.6 Å². The maximum atomic E-state index is 12.0. The van der Waals surface area contributed by atoms with Crippen LogP contribution in [0.1, 0.15) is 23.6 Å². The first-order valence-electron chi connectivity index (χ1n) is 5.83. The van der Waals surface area contributed by atoms with Gasteiger partial charge in [0.1, 0.15) is 11.5 Å². The number of hydrogen-bond donors (Lipinski definition) is 1. The average Bonchev–Trinajstić information content (AvgIpc) is 2.98. The standard InChI is InChI=1S/C13H15NO3S2/c1-9(11-4-3-7-18-11)14-13(15)8-19(16)12-5-6-17-10(12)2/h3-7,9H,8H2,1-2H3,(H,14,15)/t9-,19+/m1/s1. The van der Waals surface area contributed by atoms with Crippen LogP contribution in [0.2, 0.25) is 0 Å². The number of rotatable bonds is 5. The molecule has 0 unspecified atom stereocenters. The summed E-state index contributed by atoms with van der Waals surface area (Å²) in [6.07, 6.45) is 1.48. The van der Waals surface area contributed by atoms with Crippen LogP contribution in [0.25, 0.3) is 0 Å². The molecule has 0 aromatic carbocycles. The third-order valence-corrected chi connectivity index (χ3v) is 5.16. The second-order valence-corrected chi connectivity index (χ2v) is 6.53. The molecule has 1 N–H and O–H groups in total. The first-order chi connectivity index (χ1) is 9.08. The fourth-order valence-electron chi connectivity index (χ4n) is 1.70. The fourth-order valence-corrected chi connectivity index (χ4v) is 3.49. The van der Waals surface area contributed by atoms with E-state index >= 15 is 0 Å². The molecule has 0 aliphatic carbocycles. The number of hydrogen-bond acceptors (Lipinski definition) is 4. The highest BCUT2D eigenvalue weighted by Crippen LogP contribution is 2.18. The van der Waals surface area contributed by atoms with E-state index in [0.717, 1.165) is 4.88 Å². The Bertz CT molecular complexity index is 574. The Labute approximate surface area is 118 Å². The molecule has 0 fully saturated rings. The molecule has 2 aromatic rings. The number of furan rings is 1. The molecule has 0 saturated carbocycles. The van der Waals surface area contributed by atoms with E-state index < -0.39 is 10.8 Å². The number of nitrogens with one attached hydrogen (secondary N) is 1. The zero-order valence-electron chi connectivity index (χ0n) is 10.7. The summed E-state index contributed by atoms with van der Waals surface area (Å²) < 4.78 is 17.1. The molecule has 0 aliphatic heterocycles. The van der Waals surface area contributed by atoms with Gasteiger partial charge in [0.2, 0.25) is 5.91 Å². The van der Waals surface area contributed by atoms with Crippen LogP contribution in [0.4, 0.5) is 0 Å². The molecule has 19 heavy (non-hydrogen) atoms. The normalized spacial score (nSPS) is 14.0. The van der Waals surface area contributed by atoms with Crippen LogP contribution in [0.3, 0.4) is 0 Å². The zero-order chi connectivity index (χ0) is 13.8. The van der Waals surface area contributed by atoms with Gasteiger partial charge < -0.3 is 9.73 Å². The van der Waals surface area contributed by atoms with Gasteiger partial charge in [0.25, 0.3) is 0 Å². The second-order valence-electron chi connectivity index (χ2n) is 4.14. The van der Waals surface area contributed by atoms with Crippen molar-refractivity contribution in [1.29, 1.82) is 0 Å². The van der Waals surface area contributed by atoms with Gasteiger partial charge in [0.05, 0.1) is 28.0 Å². The van der Waals surface area contributed by atoms with E-state index in [4.69, 9.17) is 4.42 Å². The number of carbonyl (C=O) groups excluding carboxylic acids is 1. The molecule has 6 heteroatoms. The Morgan fingerprint density at radius 1 is 1.53 bits per heavy atom. The van der Waals surface area contributed by atoms with Gasteiger partial charge in [-0.15, -0.1) is 11.3 Å². The van der Waals surface area contributed by atoms with Crippen molar-refractivity contribution in [2.24, 2.45) is 0 Å². The summed E-state index contributed by atoms with van der Waals surface area (Å²) in [5, 5.41) is 4.81. The maximum Gasteiger partial charge on any atom is 0.233 e. The minimum atomic E-state index is -1.36. The second kappa shape index (κ2) is 6.16. The number of aryl methyl sites for hydroxylation is 1. The van der Waals surface area contributed by atoms with E-state index in [1.807, 2.05) is 24.4 Å². The summed E-state index contributed by atoms with van der Waals surface area (Å²) >= 11 is 1.59. The molecule has 102 valence electrons. The molecule has 0 radical (unpaired) electrons. The van der Waals surface area contributed by atoms with Gasteiger partial charge in [-0.3, -0.25) is 9.00 Å². The molecule has 0 bridgehead atoms. The molecule has 2 rings (SSSR count). The maximum absolute atomic E-state index is 12.0. The van der Waals surface area contributed by atoms with Gasteiger partial charge in [-0.1, -0.05) is 6.07 Å². The zero-order valence-corrected chi connectivity index (χ0v) is 12.3. The van der Waals surface area contributed by atoms with E-state index in [1.165, 1.54) is 6.26 Å². The summed E-state index contributed by atoms with van der Waals surface area (Å²) in [5.74, 6) is 0.327. The summed E-state index contributed by atoms with van der Waals surface area (Å²) in [5.41, 5.74) is 0. The van der Waals surface area contributed by atoms with Crippen LogP contribution < -0.4 is 5.32 Å². The van der Waals surface area contributed by atoms with Crippen LogP contribution in [0.5, 0.6) is 0 Å². The van der Waals surface area contributed by atoms with Gasteiger partial charge in [-0.2, -0.15) is 0 Å². The third-order valence-electron chi connectivity index (χ3n) is 2.67. The van der Waals surface area contributed by atoms with Crippen LogP contribution in [0.15, 0.2) is 39.2 Å². The van der Waals surface area contributed by atoms with Crippen molar-refractivity contribution in [1.82, 2.24) is 5.32 Å². The van der Waals surface area contributed by atoms with Crippen LogP contribution >= 0.6 is 11.3 Å². The molecule has 2 atom stereocenters. The van der Waals surface area contributed by atoms with Gasteiger partial charge in [-0.25, -0.2) is 0 Å². The first kappa shape index (κ1) is 14.0. The van der Waals surface area contributed by atoms with Crippen molar-refractivity contribution in [3.8, 4) is 0 Å². The van der Waals surface area contributed by atoms with Crippen LogP contribution in [0, 0.1) is 6.92 Å². The van der Waals surface area contributed by atoms with E-state index in [9.17, 15) is 9.00 Å². The third kappa shape index (κ3) is 3.54. The monoisotopic (exact) mass is 297 g/mol. The van der Waals surface area contributed by atoms with Crippen molar-refractivity contribution >= 4 is 28.0 Å². The molecule has 2 heterocycles. The topological polar surface area (TPSA) is 59.3 Å². The van der Waals surface area contributed by atoms with Crippen molar-refractivity contribution < 1.29 is 13.4 Å². The van der Waals surface area contributed by atoms with E-state index in [2.05, 4.69) is 5.32 Å². The molecule has 0 aliphatic rings. The molecule has 4 nitrogen and oxygen atoms in total. The molecular weight excluding hydrogens is 282 g/mol. The summed E-state index contributed by atoms with van der Waals surface area (Å²) in [6, 6.07) is 5.49. The van der Waals surface area contributed by atoms with E-state index in [0.29, 0.717) is 10.7 Å². The fraction of sp³-hybridized carbons (Fsp3) is 0.308. The Kier molecular flexibility index (Phi) is 4.55. The number of amides is 1. The lowest BCUT2D eigenvalue weighted by molar-refractivity contribution is -0.119. The average molecular weight is 297 g/mol. The van der Waals surface area contributed by atoms with Crippen molar-refractivity contribution in [3.63, 3.8) is 0 Å². The van der Waals surface area contributed by atoms with Crippen molar-refractivity contribution in [3.05, 3.63) is 40.5 Å². The molecule has 0 spiro atoms. The minimum Gasteiger partial charge on any atom is -0.468 e. The highest BCUT2D eigenvalue weighted by atomic mass is 32.2. The molecule has 0 saturated heterocycles. The van der Waals surface area contributed by atoms with Crippen LogP contribution in [-0.4, -0.2) is 15.9 Å². The van der Waals surface area contributed by atoms with Gasteiger partial charge in [-0.05, 0) is 31.4 Å². The Morgan fingerprint density at radius 2 is 2.32 bits per heavy atom. The molecule has 1 amide bonds. The summed E-state index contributed by atoms with van der Waals surface area (Å²) in [6.45, 7) is 3.65. The van der Waals surface area contributed by atoms with E-state index in [-0.39, 0.29) is 17.7 Å². The smallest absolute Gasteiger partial charge is 0.233 e. The Hall–Kier alpha value is -1.40. The highest BCUT2D eigenvalue weighted by Gasteiger charge is 2.16. The Balaban J connectivity index is 1.91. The van der Waals surface area contributed by atoms with Gasteiger partial charge in [0.15, 0.2) is 0 Å². The largest absolute Gasteiger partial charge is 0.468 e. The predicted molar refractivity (Wildman–Crippen MR) is 75.6 cm³/mol. The lowest BCUT2D eigenvalue weighted by atomic mass is 10.3. The van der Waals surface area contributed by atoms with Crippen molar-refractivity contribution in [2.75, 3.05) is 5.75 Å². The lowest BCUT2D eigenvalue weighted by Crippen LogP contribution is -2.30. The minimum absolute atomic E-state index is 0.0455. The molecular formula is C13H15NO3S2. The lowest BCUT2D eigenvalue weighted by Gasteiger charge is -2.11. The quantitative estimate of drug-likeness (QED) is 0.923. The van der Waals surface area contributed by atoms with Crippen molar-refractivity contribution in [2.45, 2.75) is 24.8 Å². The molecule has 2 aromatic heterocycles. The van der Waals surface area contributed by atoms with Gasteiger partial charge in [0, 0.05) is 4.88 Å². The first-order valence-corrected chi connectivity index (χ1v) is 8.03. The summed E-state index contributed by atoms with van der Waals surface area (Å²) in [4.78, 5) is 13.5. The van der Waals surface area contributed by atoms with E-state index in [1.54, 1.807) is 24.3 Å². The number of thiophene rings is 1. The Morgan fingerprint density at radius 3 is 2.89 bits per heavy atom. The summed E-state index contributed by atoms with van der Waals surface area (Å²) in [7, 11) is -1.36.